The molecule has 0 aliphatic rings. The Kier molecular flexibility index (Phi) is 3.43. The van der Waals surface area contributed by atoms with Gasteiger partial charge in [0.2, 0.25) is 0 Å². The molecule has 0 spiro atoms. The maximum absolute atomic E-state index is 6.90. The van der Waals surface area contributed by atoms with Gasteiger partial charge in [-0.25, -0.2) is 10.4 Å². The zero-order valence-electron chi connectivity index (χ0n) is 9.83. The van der Waals surface area contributed by atoms with Crippen LogP contribution >= 0.6 is 0 Å². The zero-order valence-corrected chi connectivity index (χ0v) is 9.83. The van der Waals surface area contributed by atoms with Crippen LogP contribution in [0.4, 0.5) is 0 Å². The second-order valence-electron chi connectivity index (χ2n) is 4.56. The smallest absolute Gasteiger partial charge is 0.0909 e. The molecular weight excluding hydrogens is 184 g/mol. The Morgan fingerprint density at radius 2 is 1.73 bits per heavy atom. The molecule has 0 amide bonds. The second kappa shape index (κ2) is 4.41. The summed E-state index contributed by atoms with van der Waals surface area (Å²) in [6, 6.07) is 10.5. The highest BCUT2D eigenvalue weighted by molar-refractivity contribution is 5.40. The molecule has 1 rings (SSSR count). The molecule has 0 unspecified atom stereocenters. The summed E-state index contributed by atoms with van der Waals surface area (Å²) in [5.74, 6) is 0.549. The second-order valence-corrected chi connectivity index (χ2v) is 4.56. The molecule has 0 aliphatic heterocycles. The number of nitrogens with one attached hydrogen (secondary N) is 1. The molecule has 1 aromatic carbocycles. The number of rotatable bonds is 3. The Balaban J connectivity index is 3.03. The number of hydrogen-bond acceptors (Lipinski definition) is 2. The third-order valence-electron chi connectivity index (χ3n) is 2.62. The molecule has 0 saturated carbocycles. The van der Waals surface area contributed by atoms with Gasteiger partial charge in [0.25, 0.3) is 0 Å². The van der Waals surface area contributed by atoms with Gasteiger partial charge in [0.1, 0.15) is 0 Å². The summed E-state index contributed by atoms with van der Waals surface area (Å²) < 4.78 is 0. The third-order valence-corrected chi connectivity index (χ3v) is 2.62. The van der Waals surface area contributed by atoms with Crippen LogP contribution in [-0.4, -0.2) is 6.01 Å². The fourth-order valence-corrected chi connectivity index (χ4v) is 1.48. The summed E-state index contributed by atoms with van der Waals surface area (Å²) in [4.78, 5) is 4.02. The van der Waals surface area contributed by atoms with E-state index in [0.29, 0.717) is 5.92 Å². The molecule has 2 heteroatoms. The minimum absolute atomic E-state index is 0.350. The summed E-state index contributed by atoms with van der Waals surface area (Å²) in [5.41, 5.74) is 2.09. The van der Waals surface area contributed by atoms with Crippen LogP contribution in [-0.2, 0) is 5.54 Å². The van der Waals surface area contributed by atoms with Crippen molar-refractivity contribution in [2.24, 2.45) is 4.99 Å². The first-order valence-electron chi connectivity index (χ1n) is 5.21. The van der Waals surface area contributed by atoms with Crippen LogP contribution in [0.3, 0.4) is 0 Å². The van der Waals surface area contributed by atoms with Gasteiger partial charge < -0.3 is 0 Å². The largest absolute Gasteiger partial charge is 0.242 e. The highest BCUT2D eigenvalue weighted by Gasteiger charge is 2.18. The Hall–Kier alpha value is -1.40. The van der Waals surface area contributed by atoms with E-state index in [1.807, 2.05) is 13.8 Å². The lowest BCUT2D eigenvalue weighted by Crippen LogP contribution is -2.13. The van der Waals surface area contributed by atoms with Gasteiger partial charge in [-0.1, -0.05) is 38.1 Å². The van der Waals surface area contributed by atoms with E-state index in [-0.39, 0.29) is 5.54 Å². The van der Waals surface area contributed by atoms with Gasteiger partial charge in [0.05, 0.1) is 11.5 Å². The van der Waals surface area contributed by atoms with E-state index < -0.39 is 0 Å². The fourth-order valence-electron chi connectivity index (χ4n) is 1.48. The van der Waals surface area contributed by atoms with E-state index in [2.05, 4.69) is 49.1 Å². The highest BCUT2D eigenvalue weighted by atomic mass is 14.8. The molecule has 2 nitrogen and oxygen atoms in total. The maximum atomic E-state index is 6.90. The average Bonchev–Trinajstić information content (AvgIpc) is 2.18. The van der Waals surface area contributed by atoms with Crippen LogP contribution in [0.2, 0.25) is 0 Å². The molecule has 0 radical (unpaired) electrons. The maximum Gasteiger partial charge on any atom is 0.0909 e. The molecule has 0 aromatic heterocycles. The first-order valence-corrected chi connectivity index (χ1v) is 5.21. The van der Waals surface area contributed by atoms with Crippen molar-refractivity contribution in [1.82, 2.24) is 0 Å². The van der Waals surface area contributed by atoms with Crippen LogP contribution in [0.1, 0.15) is 44.7 Å². The first-order chi connectivity index (χ1) is 6.97. The number of nitrogens with zero attached hydrogens (tertiary/aromatic N) is 1. The van der Waals surface area contributed by atoms with Crippen molar-refractivity contribution < 1.29 is 0 Å². The number of aliphatic imine (C=N–C) groups is 1. The molecule has 0 aliphatic carbocycles. The predicted octanol–water partition coefficient (Wildman–Crippen LogP) is 3.80. The SMILES string of the molecule is CC(C)c1ccc(C(C)(C)N=C=N)cc1. The van der Waals surface area contributed by atoms with Crippen LogP contribution in [0, 0.1) is 5.41 Å². The highest BCUT2D eigenvalue weighted by Crippen LogP contribution is 2.25. The standard InChI is InChI=1S/C13H18N2/c1-10(2)11-5-7-12(8-6-11)13(3,4)15-9-14/h5-8,10,14H,1-4H3. The van der Waals surface area contributed by atoms with Gasteiger partial charge in [-0.2, -0.15) is 0 Å². The summed E-state index contributed by atoms with van der Waals surface area (Å²) in [5, 5.41) is 6.90. The Labute approximate surface area is 91.6 Å². The van der Waals surface area contributed by atoms with Crippen molar-refractivity contribution in [2.75, 3.05) is 0 Å². The lowest BCUT2D eigenvalue weighted by atomic mass is 9.92. The van der Waals surface area contributed by atoms with Crippen molar-refractivity contribution in [3.05, 3.63) is 35.4 Å². The van der Waals surface area contributed by atoms with Crippen LogP contribution in [0.25, 0.3) is 0 Å². The van der Waals surface area contributed by atoms with Crippen molar-refractivity contribution in [3.8, 4) is 0 Å². The lowest BCUT2D eigenvalue weighted by molar-refractivity contribution is 0.561. The first kappa shape index (κ1) is 11.7. The van der Waals surface area contributed by atoms with Gasteiger partial charge >= 0.3 is 0 Å². The van der Waals surface area contributed by atoms with Crippen molar-refractivity contribution in [2.45, 2.75) is 39.2 Å². The summed E-state index contributed by atoms with van der Waals surface area (Å²) in [7, 11) is 0. The summed E-state index contributed by atoms with van der Waals surface area (Å²) >= 11 is 0. The van der Waals surface area contributed by atoms with Gasteiger partial charge in [-0.3, -0.25) is 0 Å². The van der Waals surface area contributed by atoms with Crippen LogP contribution in [0.5, 0.6) is 0 Å². The summed E-state index contributed by atoms with van der Waals surface area (Å²) in [6.45, 7) is 8.32. The minimum atomic E-state index is -0.350. The van der Waals surface area contributed by atoms with Gasteiger partial charge in [0.15, 0.2) is 0 Å². The number of benzene rings is 1. The van der Waals surface area contributed by atoms with E-state index in [1.165, 1.54) is 5.56 Å². The molecule has 0 bridgehead atoms. The van der Waals surface area contributed by atoms with Crippen molar-refractivity contribution in [3.63, 3.8) is 0 Å². The van der Waals surface area contributed by atoms with E-state index >= 15 is 0 Å². The molecule has 1 N–H and O–H groups in total. The Morgan fingerprint density at radius 1 is 1.20 bits per heavy atom. The monoisotopic (exact) mass is 202 g/mol. The predicted molar refractivity (Wildman–Crippen MR) is 63.7 cm³/mol. The lowest BCUT2D eigenvalue weighted by Gasteiger charge is -2.19. The van der Waals surface area contributed by atoms with E-state index in [4.69, 9.17) is 5.41 Å². The third kappa shape index (κ3) is 2.77. The molecular formula is C13H18N2. The molecule has 0 heterocycles. The fraction of sp³-hybridized carbons (Fsp3) is 0.462. The zero-order chi connectivity index (χ0) is 11.5. The molecule has 1 aromatic rings. The quantitative estimate of drug-likeness (QED) is 0.724. The molecule has 0 atom stereocenters. The molecule has 80 valence electrons. The topological polar surface area (TPSA) is 36.2 Å². The molecule has 0 saturated heterocycles. The average molecular weight is 202 g/mol. The van der Waals surface area contributed by atoms with Gasteiger partial charge in [-0.05, 0) is 30.9 Å². The Morgan fingerprint density at radius 3 is 2.13 bits per heavy atom. The number of hydrogen-bond donors (Lipinski definition) is 1. The normalized spacial score (nSPS) is 11.3. The van der Waals surface area contributed by atoms with E-state index in [0.717, 1.165) is 5.56 Å². The van der Waals surface area contributed by atoms with Crippen LogP contribution in [0.15, 0.2) is 29.3 Å². The summed E-state index contributed by atoms with van der Waals surface area (Å²) in [6.07, 6.45) is 0. The van der Waals surface area contributed by atoms with E-state index in [9.17, 15) is 0 Å². The van der Waals surface area contributed by atoms with Crippen molar-refractivity contribution in [1.29, 1.82) is 5.41 Å². The van der Waals surface area contributed by atoms with Crippen molar-refractivity contribution >= 4 is 6.01 Å². The van der Waals surface area contributed by atoms with E-state index in [1.54, 1.807) is 0 Å². The van der Waals surface area contributed by atoms with Crippen LogP contribution < -0.4 is 0 Å². The van der Waals surface area contributed by atoms with Gasteiger partial charge in [0, 0.05) is 0 Å². The molecule has 15 heavy (non-hydrogen) atoms. The molecule has 0 fully saturated rings. The minimum Gasteiger partial charge on any atom is -0.242 e. The van der Waals surface area contributed by atoms with Gasteiger partial charge in [-0.15, -0.1) is 0 Å². The Bertz CT molecular complexity index is 368.